The van der Waals surface area contributed by atoms with Crippen LogP contribution in [0.2, 0.25) is 5.15 Å². The highest BCUT2D eigenvalue weighted by molar-refractivity contribution is 6.32. The summed E-state index contributed by atoms with van der Waals surface area (Å²) in [7, 11) is 1.61. The van der Waals surface area contributed by atoms with Gasteiger partial charge in [0.2, 0.25) is 0 Å². The van der Waals surface area contributed by atoms with Crippen LogP contribution in [0.3, 0.4) is 0 Å². The maximum Gasteiger partial charge on any atom is 0.407 e. The van der Waals surface area contributed by atoms with Crippen molar-refractivity contribution in [3.63, 3.8) is 0 Å². The molecule has 0 aliphatic rings. The van der Waals surface area contributed by atoms with Crippen LogP contribution in [0, 0.1) is 0 Å². The molecular formula is C18H25ClN4O3. The number of nitrogens with zero attached hydrogens (tertiary/aromatic N) is 2. The highest BCUT2D eigenvalue weighted by Gasteiger charge is 2.15. The van der Waals surface area contributed by atoms with E-state index in [1.807, 2.05) is 39.0 Å². The summed E-state index contributed by atoms with van der Waals surface area (Å²) in [6.07, 6.45) is 1.24. The van der Waals surface area contributed by atoms with Crippen LogP contribution in [0.15, 0.2) is 18.2 Å². The minimum atomic E-state index is -0.486. The number of hydrogen-bond donors (Lipinski definition) is 2. The predicted molar refractivity (Wildman–Crippen MR) is 103 cm³/mol. The fourth-order valence-electron chi connectivity index (χ4n) is 2.21. The molecule has 0 unspecified atom stereocenters. The molecule has 0 fully saturated rings. The third-order valence-electron chi connectivity index (χ3n) is 3.39. The molecule has 2 rings (SSSR count). The summed E-state index contributed by atoms with van der Waals surface area (Å²) >= 11 is 6.18. The number of carbonyl (C=O) groups excluding carboxylic acids is 1. The number of amides is 1. The van der Waals surface area contributed by atoms with Crippen molar-refractivity contribution >= 4 is 34.5 Å². The molecule has 8 heteroatoms. The molecule has 0 aliphatic carbocycles. The van der Waals surface area contributed by atoms with Crippen LogP contribution in [0.25, 0.3) is 11.0 Å². The first-order valence-corrected chi connectivity index (χ1v) is 8.88. The van der Waals surface area contributed by atoms with E-state index in [4.69, 9.17) is 21.1 Å². The molecule has 1 aromatic heterocycles. The number of carbonyl (C=O) groups is 1. The van der Waals surface area contributed by atoms with Gasteiger partial charge in [-0.15, -0.1) is 0 Å². The summed E-state index contributed by atoms with van der Waals surface area (Å²) in [5, 5.41) is 6.24. The fraction of sp³-hybridized carbons (Fsp3) is 0.500. The number of unbranched alkanes of at least 4 members (excludes halogenated alkanes) is 1. The average molecular weight is 381 g/mol. The summed E-state index contributed by atoms with van der Waals surface area (Å²) in [6.45, 7) is 6.71. The third kappa shape index (κ3) is 6.22. The van der Waals surface area contributed by atoms with E-state index in [-0.39, 0.29) is 0 Å². The Balaban J connectivity index is 1.79. The van der Waals surface area contributed by atoms with Crippen molar-refractivity contribution in [3.8, 4) is 5.75 Å². The summed E-state index contributed by atoms with van der Waals surface area (Å²) in [6, 6.07) is 5.45. The van der Waals surface area contributed by atoms with Gasteiger partial charge < -0.3 is 20.1 Å². The van der Waals surface area contributed by atoms with Crippen LogP contribution in [0.5, 0.6) is 5.75 Å². The second-order valence-electron chi connectivity index (χ2n) is 6.78. The van der Waals surface area contributed by atoms with Gasteiger partial charge in [0.25, 0.3) is 0 Å². The van der Waals surface area contributed by atoms with Gasteiger partial charge in [0.1, 0.15) is 11.4 Å². The molecular weight excluding hydrogens is 356 g/mol. The summed E-state index contributed by atoms with van der Waals surface area (Å²) in [5.41, 5.74) is 0.936. The molecule has 0 radical (unpaired) electrons. The molecule has 0 bridgehead atoms. The Morgan fingerprint density at radius 3 is 2.58 bits per heavy atom. The number of fused-ring (bicyclic) bond motifs is 1. The summed E-state index contributed by atoms with van der Waals surface area (Å²) in [5.74, 6) is 1.25. The first-order chi connectivity index (χ1) is 12.3. The SMILES string of the molecule is COc1ccc2nc(Cl)c(NCCCCNC(=O)OC(C)(C)C)nc2c1. The van der Waals surface area contributed by atoms with Crippen molar-refractivity contribution in [2.24, 2.45) is 0 Å². The van der Waals surface area contributed by atoms with Crippen LogP contribution in [0.1, 0.15) is 33.6 Å². The minimum Gasteiger partial charge on any atom is -0.497 e. The van der Waals surface area contributed by atoms with Crippen molar-refractivity contribution in [1.82, 2.24) is 15.3 Å². The molecule has 0 aliphatic heterocycles. The normalized spacial score (nSPS) is 11.3. The van der Waals surface area contributed by atoms with Gasteiger partial charge in [-0.1, -0.05) is 11.6 Å². The number of anilines is 1. The molecule has 0 spiro atoms. The minimum absolute atomic E-state index is 0.328. The Hall–Kier alpha value is -2.28. The fourth-order valence-corrected chi connectivity index (χ4v) is 2.41. The van der Waals surface area contributed by atoms with E-state index in [0.29, 0.717) is 40.8 Å². The largest absolute Gasteiger partial charge is 0.497 e. The second-order valence-corrected chi connectivity index (χ2v) is 7.14. The Kier molecular flexibility index (Phi) is 6.85. The van der Waals surface area contributed by atoms with Gasteiger partial charge in [-0.05, 0) is 45.7 Å². The van der Waals surface area contributed by atoms with E-state index in [1.54, 1.807) is 7.11 Å². The lowest BCUT2D eigenvalue weighted by Crippen LogP contribution is -2.33. The van der Waals surface area contributed by atoms with Crippen LogP contribution in [-0.2, 0) is 4.74 Å². The number of aromatic nitrogens is 2. The van der Waals surface area contributed by atoms with E-state index in [9.17, 15) is 4.79 Å². The van der Waals surface area contributed by atoms with Gasteiger partial charge in [0, 0.05) is 19.2 Å². The van der Waals surface area contributed by atoms with Crippen LogP contribution < -0.4 is 15.4 Å². The lowest BCUT2D eigenvalue weighted by Gasteiger charge is -2.19. The molecule has 1 amide bonds. The van der Waals surface area contributed by atoms with Gasteiger partial charge in [-0.3, -0.25) is 0 Å². The molecule has 7 nitrogen and oxygen atoms in total. The number of nitrogens with one attached hydrogen (secondary N) is 2. The number of rotatable bonds is 7. The molecule has 2 N–H and O–H groups in total. The average Bonchev–Trinajstić information content (AvgIpc) is 2.56. The lowest BCUT2D eigenvalue weighted by atomic mass is 10.2. The zero-order valence-electron chi connectivity index (χ0n) is 15.6. The molecule has 142 valence electrons. The van der Waals surface area contributed by atoms with E-state index in [2.05, 4.69) is 20.6 Å². The van der Waals surface area contributed by atoms with Crippen molar-refractivity contribution in [3.05, 3.63) is 23.4 Å². The maximum atomic E-state index is 11.5. The highest BCUT2D eigenvalue weighted by Crippen LogP contribution is 2.24. The predicted octanol–water partition coefficient (Wildman–Crippen LogP) is 4.01. The molecule has 0 atom stereocenters. The zero-order valence-corrected chi connectivity index (χ0v) is 16.3. The van der Waals surface area contributed by atoms with Crippen LogP contribution in [0.4, 0.5) is 10.6 Å². The highest BCUT2D eigenvalue weighted by atomic mass is 35.5. The van der Waals surface area contributed by atoms with Gasteiger partial charge in [0.05, 0.1) is 18.1 Å². The topological polar surface area (TPSA) is 85.4 Å². The zero-order chi connectivity index (χ0) is 19.2. The van der Waals surface area contributed by atoms with Crippen molar-refractivity contribution in [1.29, 1.82) is 0 Å². The van der Waals surface area contributed by atoms with Gasteiger partial charge in [-0.25, -0.2) is 14.8 Å². The monoisotopic (exact) mass is 380 g/mol. The molecule has 26 heavy (non-hydrogen) atoms. The molecule has 1 aromatic carbocycles. The smallest absolute Gasteiger partial charge is 0.407 e. The first kappa shape index (κ1) is 20.0. The Bertz CT molecular complexity index is 762. The summed E-state index contributed by atoms with van der Waals surface area (Å²) < 4.78 is 10.4. The second kappa shape index (κ2) is 8.89. The Labute approximate surface area is 158 Å². The van der Waals surface area contributed by atoms with Crippen molar-refractivity contribution < 1.29 is 14.3 Å². The molecule has 1 heterocycles. The number of alkyl carbamates (subject to hydrolysis) is 1. The van der Waals surface area contributed by atoms with E-state index < -0.39 is 11.7 Å². The van der Waals surface area contributed by atoms with Crippen LogP contribution >= 0.6 is 11.6 Å². The molecule has 0 saturated carbocycles. The van der Waals surface area contributed by atoms with Gasteiger partial charge in [-0.2, -0.15) is 0 Å². The van der Waals surface area contributed by atoms with E-state index >= 15 is 0 Å². The number of methoxy groups -OCH3 is 1. The quantitative estimate of drug-likeness (QED) is 0.706. The number of ether oxygens (including phenoxy) is 2. The first-order valence-electron chi connectivity index (χ1n) is 8.50. The summed E-state index contributed by atoms with van der Waals surface area (Å²) in [4.78, 5) is 20.4. The molecule has 0 saturated heterocycles. The van der Waals surface area contributed by atoms with Crippen molar-refractivity contribution in [2.45, 2.75) is 39.2 Å². The van der Waals surface area contributed by atoms with Gasteiger partial charge >= 0.3 is 6.09 Å². The number of halogens is 1. The number of hydrogen-bond acceptors (Lipinski definition) is 6. The standard InChI is InChI=1S/C18H25ClN4O3/c1-18(2,3)26-17(24)21-10-6-5-9-20-16-15(19)22-13-8-7-12(25-4)11-14(13)23-16/h7-8,11H,5-6,9-10H2,1-4H3,(H,20,23)(H,21,24). The van der Waals surface area contributed by atoms with E-state index in [0.717, 1.165) is 12.8 Å². The Morgan fingerprint density at radius 1 is 1.15 bits per heavy atom. The molecule has 2 aromatic rings. The van der Waals surface area contributed by atoms with Gasteiger partial charge in [0.15, 0.2) is 11.0 Å². The number of benzene rings is 1. The Morgan fingerprint density at radius 2 is 1.88 bits per heavy atom. The van der Waals surface area contributed by atoms with Crippen molar-refractivity contribution in [2.75, 3.05) is 25.5 Å². The lowest BCUT2D eigenvalue weighted by molar-refractivity contribution is 0.0527. The van der Waals surface area contributed by atoms with E-state index in [1.165, 1.54) is 0 Å². The van der Waals surface area contributed by atoms with Crippen LogP contribution in [-0.4, -0.2) is 41.9 Å². The third-order valence-corrected chi connectivity index (χ3v) is 3.66. The maximum absolute atomic E-state index is 11.5.